The van der Waals surface area contributed by atoms with Crippen molar-refractivity contribution in [2.45, 2.75) is 82.8 Å². The topological polar surface area (TPSA) is 92.9 Å². The van der Waals surface area contributed by atoms with Crippen molar-refractivity contribution in [3.8, 4) is 0 Å². The third kappa shape index (κ3) is 5.14. The van der Waals surface area contributed by atoms with E-state index in [-0.39, 0.29) is 67.2 Å². The molecule has 0 unspecified atom stereocenters. The summed E-state index contributed by atoms with van der Waals surface area (Å²) in [7, 11) is 0. The average Bonchev–Trinajstić information content (AvgIpc) is 3.47. The monoisotopic (exact) mass is 499 g/mol. The molecule has 2 N–H and O–H groups in total. The van der Waals surface area contributed by atoms with E-state index in [1.807, 2.05) is 0 Å². The van der Waals surface area contributed by atoms with E-state index in [9.17, 15) is 32.3 Å². The number of imidazole rings is 1. The summed E-state index contributed by atoms with van der Waals surface area (Å²) < 4.78 is 62.7. The van der Waals surface area contributed by atoms with Gasteiger partial charge in [0.2, 0.25) is 5.92 Å². The molecule has 2 aromatic heterocycles. The molecule has 2 aliphatic rings. The van der Waals surface area contributed by atoms with Gasteiger partial charge in [0, 0.05) is 25.3 Å². The molecule has 0 bridgehead atoms. The maximum atomic E-state index is 14.5. The lowest BCUT2D eigenvalue weighted by molar-refractivity contribution is -0.146. The summed E-state index contributed by atoms with van der Waals surface area (Å²) in [5.41, 5.74) is -1.22. The lowest BCUT2D eigenvalue weighted by Crippen LogP contribution is -2.44. The van der Waals surface area contributed by atoms with Crippen LogP contribution in [0.1, 0.15) is 79.8 Å². The Labute approximate surface area is 199 Å². The third-order valence-corrected chi connectivity index (χ3v) is 6.82. The smallest absolute Gasteiger partial charge is 0.331 e. The number of alkyl halides is 4. The van der Waals surface area contributed by atoms with Crippen molar-refractivity contribution >= 4 is 17.5 Å². The zero-order valence-corrected chi connectivity index (χ0v) is 19.7. The summed E-state index contributed by atoms with van der Waals surface area (Å²) in [4.78, 5) is 29.2. The number of hydrogen-bond donors (Lipinski definition) is 2. The molecule has 0 aliphatic heterocycles. The van der Waals surface area contributed by atoms with Crippen molar-refractivity contribution in [3.05, 3.63) is 34.8 Å². The molecule has 2 aliphatic carbocycles. The van der Waals surface area contributed by atoms with Gasteiger partial charge in [-0.3, -0.25) is 9.20 Å². The Bertz CT molecular complexity index is 1130. The van der Waals surface area contributed by atoms with Crippen LogP contribution in [0.4, 0.5) is 17.6 Å². The van der Waals surface area contributed by atoms with Gasteiger partial charge in [-0.05, 0) is 57.1 Å². The molecule has 0 spiro atoms. The number of amides is 1. The van der Waals surface area contributed by atoms with Crippen LogP contribution in [-0.4, -0.2) is 44.4 Å². The quantitative estimate of drug-likeness (QED) is 0.421. The maximum Gasteiger partial charge on any atom is 0.331 e. The summed E-state index contributed by atoms with van der Waals surface area (Å²) in [6.45, 7) is 1.96. The second-order valence-corrected chi connectivity index (χ2v) is 9.64. The fourth-order valence-electron chi connectivity index (χ4n) is 4.74. The van der Waals surface area contributed by atoms with Crippen molar-refractivity contribution in [1.82, 2.24) is 14.7 Å². The van der Waals surface area contributed by atoms with Gasteiger partial charge in [-0.15, -0.1) is 0 Å². The fourth-order valence-corrected chi connectivity index (χ4v) is 4.74. The number of aliphatic hydroxyl groups excluding tert-OH is 1. The molecule has 0 saturated heterocycles. The number of esters is 1. The highest BCUT2D eigenvalue weighted by atomic mass is 19.3. The number of fused-ring (bicyclic) bond motifs is 1. The van der Waals surface area contributed by atoms with E-state index in [1.165, 1.54) is 16.5 Å². The molecule has 2 heterocycles. The van der Waals surface area contributed by atoms with Crippen LogP contribution in [0.25, 0.3) is 5.65 Å². The van der Waals surface area contributed by atoms with Gasteiger partial charge < -0.3 is 15.2 Å². The standard InChI is InChI=1S/C24H29F4N3O4/c1-3-35-21(34)23(8-9-23)30-20(33)15-11-16(13-32)31-17(10-14-4-6-24(27,28)7-5-14)19(22(2,25)26)29-18(31)12-15/h11-12,14,32H,3-10,13H2,1-2H3,(H,30,33). The Morgan fingerprint density at radius 3 is 2.43 bits per heavy atom. The average molecular weight is 500 g/mol. The molecular formula is C24H29F4N3O4. The van der Waals surface area contributed by atoms with Crippen molar-refractivity contribution in [2.75, 3.05) is 6.61 Å². The number of carbonyl (C=O) groups excluding carboxylic acids is 2. The van der Waals surface area contributed by atoms with E-state index < -0.39 is 41.6 Å². The number of nitrogens with one attached hydrogen (secondary N) is 1. The van der Waals surface area contributed by atoms with E-state index >= 15 is 0 Å². The molecule has 0 atom stereocenters. The number of rotatable bonds is 8. The van der Waals surface area contributed by atoms with Crippen LogP contribution in [0.2, 0.25) is 0 Å². The first-order chi connectivity index (χ1) is 16.4. The van der Waals surface area contributed by atoms with Crippen molar-refractivity contribution < 1.29 is 37.0 Å². The second-order valence-electron chi connectivity index (χ2n) is 9.64. The van der Waals surface area contributed by atoms with E-state index in [1.54, 1.807) is 6.92 Å². The summed E-state index contributed by atoms with van der Waals surface area (Å²) in [5, 5.41) is 12.7. The number of aromatic nitrogens is 2. The molecule has 0 radical (unpaired) electrons. The molecule has 7 nitrogen and oxygen atoms in total. The first-order valence-corrected chi connectivity index (χ1v) is 11.8. The third-order valence-electron chi connectivity index (χ3n) is 6.82. The molecule has 4 rings (SSSR count). The van der Waals surface area contributed by atoms with Gasteiger partial charge in [0.25, 0.3) is 11.8 Å². The summed E-state index contributed by atoms with van der Waals surface area (Å²) in [5.74, 6) is -7.45. The van der Waals surface area contributed by atoms with Crippen molar-refractivity contribution in [1.29, 1.82) is 0 Å². The Kier molecular flexibility index (Phi) is 6.58. The first-order valence-electron chi connectivity index (χ1n) is 11.8. The SMILES string of the molecule is CCOC(=O)C1(NC(=O)c2cc(CO)n3c(CC4CCC(F)(F)CC4)c(C(C)(F)F)nc3c2)CC1. The molecule has 192 valence electrons. The fraction of sp³-hybridized carbons (Fsp3) is 0.625. The summed E-state index contributed by atoms with van der Waals surface area (Å²) in [6, 6.07) is 2.69. The molecule has 2 aromatic rings. The van der Waals surface area contributed by atoms with Gasteiger partial charge in [0.15, 0.2) is 0 Å². The number of nitrogens with zero attached hydrogens (tertiary/aromatic N) is 2. The van der Waals surface area contributed by atoms with Crippen LogP contribution in [-0.2, 0) is 28.5 Å². The number of halogens is 4. The maximum absolute atomic E-state index is 14.5. The van der Waals surface area contributed by atoms with Gasteiger partial charge in [0.05, 0.1) is 24.6 Å². The number of pyridine rings is 1. The lowest BCUT2D eigenvalue weighted by Gasteiger charge is -2.28. The number of hydrogen-bond acceptors (Lipinski definition) is 5. The van der Waals surface area contributed by atoms with Crippen LogP contribution >= 0.6 is 0 Å². The van der Waals surface area contributed by atoms with Crippen LogP contribution < -0.4 is 5.32 Å². The molecule has 1 amide bonds. The minimum Gasteiger partial charge on any atom is -0.464 e. The predicted octanol–water partition coefficient (Wildman–Crippen LogP) is 4.13. The number of carbonyl (C=O) groups is 2. The van der Waals surface area contributed by atoms with Gasteiger partial charge in [-0.25, -0.2) is 18.6 Å². The number of ether oxygens (including phenoxy) is 1. The molecule has 11 heteroatoms. The number of aliphatic hydroxyl groups is 1. The highest BCUT2D eigenvalue weighted by Crippen LogP contribution is 2.40. The zero-order valence-electron chi connectivity index (χ0n) is 19.7. The minimum atomic E-state index is -3.32. The van der Waals surface area contributed by atoms with Gasteiger partial charge >= 0.3 is 5.97 Å². The van der Waals surface area contributed by atoms with Crippen molar-refractivity contribution in [2.24, 2.45) is 5.92 Å². The van der Waals surface area contributed by atoms with Crippen LogP contribution in [0.3, 0.4) is 0 Å². The van der Waals surface area contributed by atoms with Gasteiger partial charge in [0.1, 0.15) is 16.9 Å². The Hall–Kier alpha value is -2.69. The largest absolute Gasteiger partial charge is 0.464 e. The van der Waals surface area contributed by atoms with Gasteiger partial charge in [-0.1, -0.05) is 0 Å². The Balaban J connectivity index is 1.69. The summed E-state index contributed by atoms with van der Waals surface area (Å²) in [6.07, 6.45) is 0.733. The highest BCUT2D eigenvalue weighted by Gasteiger charge is 2.52. The normalized spacial score (nSPS) is 19.5. The van der Waals surface area contributed by atoms with E-state index in [4.69, 9.17) is 4.74 Å². The van der Waals surface area contributed by atoms with Gasteiger partial charge in [-0.2, -0.15) is 8.78 Å². The molecular weight excluding hydrogens is 470 g/mol. The molecule has 2 fully saturated rings. The lowest BCUT2D eigenvalue weighted by atomic mass is 9.83. The molecule has 0 aromatic carbocycles. The van der Waals surface area contributed by atoms with E-state index in [2.05, 4.69) is 10.3 Å². The predicted molar refractivity (Wildman–Crippen MR) is 117 cm³/mol. The van der Waals surface area contributed by atoms with Crippen LogP contribution in [0, 0.1) is 5.92 Å². The zero-order chi connectivity index (χ0) is 25.6. The van der Waals surface area contributed by atoms with Crippen LogP contribution in [0.5, 0.6) is 0 Å². The minimum absolute atomic E-state index is 0.0374. The Morgan fingerprint density at radius 1 is 1.23 bits per heavy atom. The van der Waals surface area contributed by atoms with Crippen molar-refractivity contribution in [3.63, 3.8) is 0 Å². The summed E-state index contributed by atoms with van der Waals surface area (Å²) >= 11 is 0. The molecule has 2 saturated carbocycles. The Morgan fingerprint density at radius 2 is 1.89 bits per heavy atom. The van der Waals surface area contributed by atoms with E-state index in [0.717, 1.165) is 0 Å². The highest BCUT2D eigenvalue weighted by molar-refractivity contribution is 6.00. The van der Waals surface area contributed by atoms with Crippen LogP contribution in [0.15, 0.2) is 12.1 Å². The molecule has 35 heavy (non-hydrogen) atoms. The first kappa shape index (κ1) is 25.4. The van der Waals surface area contributed by atoms with E-state index in [0.29, 0.717) is 19.8 Å². The second kappa shape index (κ2) is 9.07.